The van der Waals surface area contributed by atoms with E-state index in [1.165, 1.54) is 0 Å². The second-order valence-corrected chi connectivity index (χ2v) is 9.27. The molecule has 0 aromatic heterocycles. The molecule has 0 heterocycles. The highest BCUT2D eigenvalue weighted by molar-refractivity contribution is 7.98. The SMILES string of the molecule is C=S(=O)(NC1CCC(C)(C(=O)OCC)CC1)c1ccc(OCC)c(C)c1. The third-order valence-electron chi connectivity index (χ3n) is 5.04. The molecule has 6 heteroatoms. The van der Waals surface area contributed by atoms with Gasteiger partial charge in [-0.25, -0.2) is 8.93 Å². The summed E-state index contributed by atoms with van der Waals surface area (Å²) >= 11 is 0. The number of carbonyl (C=O) groups is 1. The quantitative estimate of drug-likeness (QED) is 0.580. The van der Waals surface area contributed by atoms with Gasteiger partial charge in [0.25, 0.3) is 0 Å². The van der Waals surface area contributed by atoms with Gasteiger partial charge in [-0.1, -0.05) is 0 Å². The van der Waals surface area contributed by atoms with Crippen molar-refractivity contribution in [1.29, 1.82) is 0 Å². The number of hydrogen-bond acceptors (Lipinski definition) is 4. The monoisotopic (exact) mass is 381 g/mol. The Labute approximate surface area is 157 Å². The number of esters is 1. The number of hydrogen-bond donors (Lipinski definition) is 1. The average molecular weight is 382 g/mol. The lowest BCUT2D eigenvalue weighted by Gasteiger charge is -2.36. The maximum absolute atomic E-state index is 13.1. The zero-order valence-electron chi connectivity index (χ0n) is 16.3. The van der Waals surface area contributed by atoms with Gasteiger partial charge in [-0.2, -0.15) is 0 Å². The third kappa shape index (κ3) is 4.80. The number of benzene rings is 1. The van der Waals surface area contributed by atoms with Crippen LogP contribution in [0.15, 0.2) is 23.1 Å². The van der Waals surface area contributed by atoms with E-state index in [1.807, 2.05) is 45.9 Å². The molecule has 2 rings (SSSR count). The zero-order chi connectivity index (χ0) is 19.4. The second-order valence-electron chi connectivity index (χ2n) is 7.21. The van der Waals surface area contributed by atoms with Gasteiger partial charge in [0, 0.05) is 10.9 Å². The van der Waals surface area contributed by atoms with Crippen molar-refractivity contribution in [3.63, 3.8) is 0 Å². The zero-order valence-corrected chi connectivity index (χ0v) is 17.1. The first kappa shape index (κ1) is 20.8. The fourth-order valence-corrected chi connectivity index (χ4v) is 4.93. The first-order valence-electron chi connectivity index (χ1n) is 9.27. The molecule has 5 nitrogen and oxygen atoms in total. The lowest BCUT2D eigenvalue weighted by Crippen LogP contribution is -2.42. The van der Waals surface area contributed by atoms with E-state index in [-0.39, 0.29) is 12.0 Å². The Morgan fingerprint density at radius 1 is 1.31 bits per heavy atom. The summed E-state index contributed by atoms with van der Waals surface area (Å²) < 4.78 is 27.1. The van der Waals surface area contributed by atoms with Crippen molar-refractivity contribution in [2.75, 3.05) is 13.2 Å². The molecule has 0 spiro atoms. The van der Waals surface area contributed by atoms with Crippen molar-refractivity contribution in [2.45, 2.75) is 64.3 Å². The average Bonchev–Trinajstić information content (AvgIpc) is 2.59. The van der Waals surface area contributed by atoms with Crippen molar-refractivity contribution < 1.29 is 18.5 Å². The first-order chi connectivity index (χ1) is 12.2. The van der Waals surface area contributed by atoms with Gasteiger partial charge in [-0.3, -0.25) is 4.79 Å². The Balaban J connectivity index is 2.03. The lowest BCUT2D eigenvalue weighted by molar-refractivity contribution is -0.156. The molecule has 1 fully saturated rings. The van der Waals surface area contributed by atoms with E-state index in [1.54, 1.807) is 0 Å². The third-order valence-corrected chi connectivity index (χ3v) is 6.77. The normalized spacial score (nSPS) is 25.3. The molecular weight excluding hydrogens is 350 g/mol. The van der Waals surface area contributed by atoms with Crippen LogP contribution >= 0.6 is 0 Å². The Kier molecular flexibility index (Phi) is 6.74. The van der Waals surface area contributed by atoms with E-state index in [4.69, 9.17) is 9.47 Å². The molecule has 0 aliphatic heterocycles. The minimum absolute atomic E-state index is 0.0781. The summed E-state index contributed by atoms with van der Waals surface area (Å²) in [6.07, 6.45) is 3.00. The van der Waals surface area contributed by atoms with Gasteiger partial charge in [0.15, 0.2) is 0 Å². The van der Waals surface area contributed by atoms with Crippen LogP contribution < -0.4 is 9.46 Å². The number of aryl methyl sites for hydroxylation is 1. The fourth-order valence-electron chi connectivity index (χ4n) is 3.36. The highest BCUT2D eigenvalue weighted by Crippen LogP contribution is 2.37. The molecule has 1 aromatic rings. The largest absolute Gasteiger partial charge is 0.494 e. The van der Waals surface area contributed by atoms with Crippen LogP contribution in [0.1, 0.15) is 52.0 Å². The summed E-state index contributed by atoms with van der Waals surface area (Å²) in [5, 5.41) is 0. The van der Waals surface area contributed by atoms with Crippen LogP contribution in [-0.4, -0.2) is 35.3 Å². The summed E-state index contributed by atoms with van der Waals surface area (Å²) in [6, 6.07) is 5.61. The van der Waals surface area contributed by atoms with Crippen molar-refractivity contribution in [3.8, 4) is 5.75 Å². The Hall–Kier alpha value is -1.53. The van der Waals surface area contributed by atoms with Gasteiger partial charge < -0.3 is 9.47 Å². The molecule has 1 unspecified atom stereocenters. The van der Waals surface area contributed by atoms with E-state index in [0.717, 1.165) is 37.0 Å². The molecule has 146 valence electrons. The second kappa shape index (κ2) is 8.44. The Morgan fingerprint density at radius 2 is 1.96 bits per heavy atom. The van der Waals surface area contributed by atoms with Gasteiger partial charge in [-0.15, -0.1) is 0 Å². The van der Waals surface area contributed by atoms with Crippen LogP contribution in [0, 0.1) is 12.3 Å². The topological polar surface area (TPSA) is 64.6 Å². The van der Waals surface area contributed by atoms with E-state index in [9.17, 15) is 9.00 Å². The molecular formula is C20H31NO4S. The van der Waals surface area contributed by atoms with Crippen LogP contribution in [0.3, 0.4) is 0 Å². The molecule has 1 aliphatic rings. The summed E-state index contributed by atoms with van der Waals surface area (Å²) in [7, 11) is -2.60. The van der Waals surface area contributed by atoms with Gasteiger partial charge in [-0.05, 0) is 83.0 Å². The van der Waals surface area contributed by atoms with Crippen LogP contribution in [0.4, 0.5) is 0 Å². The maximum Gasteiger partial charge on any atom is 0.311 e. The maximum atomic E-state index is 13.1. The van der Waals surface area contributed by atoms with Crippen LogP contribution in [0.2, 0.25) is 0 Å². The van der Waals surface area contributed by atoms with Gasteiger partial charge in [0.05, 0.1) is 28.3 Å². The summed E-state index contributed by atoms with van der Waals surface area (Å²) in [4.78, 5) is 12.8. The number of ether oxygens (including phenoxy) is 2. The van der Waals surface area contributed by atoms with Crippen LogP contribution in [-0.2, 0) is 19.2 Å². The molecule has 1 atom stereocenters. The predicted molar refractivity (Wildman–Crippen MR) is 106 cm³/mol. The Morgan fingerprint density at radius 3 is 2.50 bits per heavy atom. The smallest absolute Gasteiger partial charge is 0.311 e. The lowest BCUT2D eigenvalue weighted by atomic mass is 9.74. The number of carbonyl (C=O) groups excluding carboxylic acids is 1. The van der Waals surface area contributed by atoms with Gasteiger partial charge in [0.2, 0.25) is 0 Å². The first-order valence-corrected chi connectivity index (χ1v) is 11.0. The molecule has 1 aromatic carbocycles. The highest BCUT2D eigenvalue weighted by atomic mass is 32.2. The predicted octanol–water partition coefficient (Wildman–Crippen LogP) is 3.49. The molecule has 1 saturated carbocycles. The van der Waals surface area contributed by atoms with Crippen LogP contribution in [0.5, 0.6) is 5.75 Å². The van der Waals surface area contributed by atoms with E-state index < -0.39 is 15.1 Å². The molecule has 26 heavy (non-hydrogen) atoms. The minimum Gasteiger partial charge on any atom is -0.494 e. The number of nitrogens with one attached hydrogen (secondary N) is 1. The molecule has 1 aliphatic carbocycles. The van der Waals surface area contributed by atoms with Crippen molar-refractivity contribution in [2.24, 2.45) is 5.41 Å². The fraction of sp³-hybridized carbons (Fsp3) is 0.600. The van der Waals surface area contributed by atoms with Crippen LogP contribution in [0.25, 0.3) is 0 Å². The van der Waals surface area contributed by atoms with Crippen molar-refractivity contribution >= 4 is 21.5 Å². The molecule has 0 radical (unpaired) electrons. The van der Waals surface area contributed by atoms with E-state index in [0.29, 0.717) is 18.1 Å². The van der Waals surface area contributed by atoms with Crippen molar-refractivity contribution in [3.05, 3.63) is 23.8 Å². The molecule has 0 bridgehead atoms. The van der Waals surface area contributed by atoms with E-state index in [2.05, 4.69) is 10.6 Å². The van der Waals surface area contributed by atoms with Gasteiger partial charge in [0.1, 0.15) is 5.75 Å². The summed E-state index contributed by atoms with van der Waals surface area (Å²) in [5.74, 6) is 4.61. The Bertz CT molecular complexity index is 734. The highest BCUT2D eigenvalue weighted by Gasteiger charge is 2.39. The van der Waals surface area contributed by atoms with Crippen molar-refractivity contribution in [1.82, 2.24) is 4.72 Å². The standard InChI is InChI=1S/C20H31NO4S/c1-6-24-18-9-8-17(14-15(18)3)26(5,23)21-16-10-12-20(4,13-11-16)19(22)25-7-2/h8-9,14,16H,5-7,10-13H2,1-4H3,(H,21,23). The molecule has 0 amide bonds. The molecule has 0 saturated heterocycles. The number of rotatable bonds is 7. The summed E-state index contributed by atoms with van der Waals surface area (Å²) in [6.45, 7) is 8.66. The van der Waals surface area contributed by atoms with Gasteiger partial charge >= 0.3 is 5.97 Å². The minimum atomic E-state index is -2.60. The summed E-state index contributed by atoms with van der Waals surface area (Å²) in [5.41, 5.74) is 0.507. The molecule has 1 N–H and O–H groups in total. The van der Waals surface area contributed by atoms with E-state index >= 15 is 0 Å².